The molecule has 0 atom stereocenters. The molecule has 0 fully saturated rings. The number of hydrogen-bond donors (Lipinski definition) is 1. The van der Waals surface area contributed by atoms with Gasteiger partial charge in [-0.25, -0.2) is 9.97 Å². The number of para-hydroxylation sites is 3. The summed E-state index contributed by atoms with van der Waals surface area (Å²) >= 11 is 0. The summed E-state index contributed by atoms with van der Waals surface area (Å²) in [6, 6.07) is 16.3. The molecule has 31 heavy (non-hydrogen) atoms. The van der Waals surface area contributed by atoms with Crippen LogP contribution >= 0.6 is 0 Å². The number of carbonyl (C=O) groups excluding carboxylic acids is 1. The monoisotopic (exact) mass is 417 g/mol. The standard InChI is InChI=1S/C25H31N5O/c1-3-29(4-2)17-10-16-26-23(31)15-9-18-30-22-14-8-5-11-19(22)24-25(30)28-21-13-7-6-12-20(21)27-24/h5-8,11-14H,3-4,9-10,15-18H2,1-2H3,(H,26,31). The highest BCUT2D eigenvalue weighted by Crippen LogP contribution is 2.28. The van der Waals surface area contributed by atoms with Crippen LogP contribution in [0.3, 0.4) is 0 Å². The van der Waals surface area contributed by atoms with Gasteiger partial charge in [0.15, 0.2) is 5.65 Å². The highest BCUT2D eigenvalue weighted by molar-refractivity contribution is 6.06. The fraction of sp³-hybridized carbons (Fsp3) is 0.400. The minimum Gasteiger partial charge on any atom is -0.356 e. The fourth-order valence-corrected chi connectivity index (χ4v) is 4.17. The van der Waals surface area contributed by atoms with Crippen LogP contribution in [0.2, 0.25) is 0 Å². The van der Waals surface area contributed by atoms with Crippen LogP contribution in [0.25, 0.3) is 33.1 Å². The lowest BCUT2D eigenvalue weighted by molar-refractivity contribution is -0.121. The number of amides is 1. The Balaban J connectivity index is 1.43. The number of nitrogens with one attached hydrogen (secondary N) is 1. The molecule has 0 bridgehead atoms. The van der Waals surface area contributed by atoms with Gasteiger partial charge in [-0.05, 0) is 50.7 Å². The molecule has 1 amide bonds. The lowest BCUT2D eigenvalue weighted by Crippen LogP contribution is -2.29. The minimum atomic E-state index is 0.122. The fourth-order valence-electron chi connectivity index (χ4n) is 4.17. The van der Waals surface area contributed by atoms with E-state index in [2.05, 4.69) is 40.8 Å². The van der Waals surface area contributed by atoms with Gasteiger partial charge in [0.25, 0.3) is 0 Å². The highest BCUT2D eigenvalue weighted by atomic mass is 16.1. The topological polar surface area (TPSA) is 63.1 Å². The maximum atomic E-state index is 12.3. The molecule has 2 heterocycles. The zero-order chi connectivity index (χ0) is 21.6. The molecule has 0 saturated heterocycles. The minimum absolute atomic E-state index is 0.122. The maximum Gasteiger partial charge on any atom is 0.220 e. The van der Waals surface area contributed by atoms with E-state index in [0.717, 1.165) is 78.7 Å². The summed E-state index contributed by atoms with van der Waals surface area (Å²) < 4.78 is 2.21. The largest absolute Gasteiger partial charge is 0.356 e. The van der Waals surface area contributed by atoms with Crippen LogP contribution in [-0.2, 0) is 11.3 Å². The Labute approximate surface area is 183 Å². The van der Waals surface area contributed by atoms with E-state index in [1.165, 1.54) is 0 Å². The summed E-state index contributed by atoms with van der Waals surface area (Å²) in [6.07, 6.45) is 2.27. The molecule has 2 aromatic heterocycles. The van der Waals surface area contributed by atoms with Gasteiger partial charge in [-0.1, -0.05) is 44.2 Å². The molecule has 0 aliphatic carbocycles. The third-order valence-electron chi connectivity index (χ3n) is 5.91. The molecule has 4 aromatic rings. The van der Waals surface area contributed by atoms with Crippen molar-refractivity contribution in [2.45, 2.75) is 39.7 Å². The van der Waals surface area contributed by atoms with Crippen LogP contribution in [0.5, 0.6) is 0 Å². The third-order valence-corrected chi connectivity index (χ3v) is 5.91. The van der Waals surface area contributed by atoms with Crippen LogP contribution in [0.4, 0.5) is 0 Å². The normalized spacial score (nSPS) is 11.7. The van der Waals surface area contributed by atoms with Gasteiger partial charge in [0.2, 0.25) is 5.91 Å². The molecule has 0 aliphatic heterocycles. The smallest absolute Gasteiger partial charge is 0.220 e. The molecule has 6 nitrogen and oxygen atoms in total. The van der Waals surface area contributed by atoms with E-state index in [1.54, 1.807) is 0 Å². The molecule has 1 N–H and O–H groups in total. The molecule has 6 heteroatoms. The summed E-state index contributed by atoms with van der Waals surface area (Å²) in [4.78, 5) is 24.5. The first-order valence-corrected chi connectivity index (χ1v) is 11.3. The van der Waals surface area contributed by atoms with E-state index in [1.807, 2.05) is 36.4 Å². The van der Waals surface area contributed by atoms with E-state index in [9.17, 15) is 4.79 Å². The predicted molar refractivity (Wildman–Crippen MR) is 127 cm³/mol. The van der Waals surface area contributed by atoms with Gasteiger partial charge < -0.3 is 14.8 Å². The molecule has 0 spiro atoms. The van der Waals surface area contributed by atoms with E-state index in [4.69, 9.17) is 9.97 Å². The van der Waals surface area contributed by atoms with Gasteiger partial charge >= 0.3 is 0 Å². The van der Waals surface area contributed by atoms with Gasteiger partial charge in [-0.2, -0.15) is 0 Å². The van der Waals surface area contributed by atoms with Crippen molar-refractivity contribution in [3.8, 4) is 0 Å². The maximum absolute atomic E-state index is 12.3. The Hall–Kier alpha value is -2.99. The van der Waals surface area contributed by atoms with E-state index in [0.29, 0.717) is 6.42 Å². The first-order valence-electron chi connectivity index (χ1n) is 11.3. The van der Waals surface area contributed by atoms with Gasteiger partial charge in [-0.15, -0.1) is 0 Å². The second kappa shape index (κ2) is 9.88. The van der Waals surface area contributed by atoms with Crippen molar-refractivity contribution in [2.24, 2.45) is 0 Å². The third kappa shape index (κ3) is 4.69. The Morgan fingerprint density at radius 2 is 1.68 bits per heavy atom. The van der Waals surface area contributed by atoms with Crippen molar-refractivity contribution in [3.63, 3.8) is 0 Å². The van der Waals surface area contributed by atoms with Crippen molar-refractivity contribution in [2.75, 3.05) is 26.2 Å². The summed E-state index contributed by atoms with van der Waals surface area (Å²) in [5, 5.41) is 4.17. The van der Waals surface area contributed by atoms with Crippen LogP contribution in [0, 0.1) is 0 Å². The van der Waals surface area contributed by atoms with E-state index < -0.39 is 0 Å². The second-order valence-electron chi connectivity index (χ2n) is 7.89. The van der Waals surface area contributed by atoms with Gasteiger partial charge in [-0.3, -0.25) is 4.79 Å². The molecular weight excluding hydrogens is 386 g/mol. The van der Waals surface area contributed by atoms with Crippen LogP contribution in [0.1, 0.15) is 33.1 Å². The van der Waals surface area contributed by atoms with Gasteiger partial charge in [0.1, 0.15) is 5.52 Å². The molecule has 0 unspecified atom stereocenters. The van der Waals surface area contributed by atoms with Gasteiger partial charge in [0, 0.05) is 24.9 Å². The van der Waals surface area contributed by atoms with Crippen molar-refractivity contribution in [1.29, 1.82) is 0 Å². The Morgan fingerprint density at radius 1 is 0.968 bits per heavy atom. The molecule has 2 aromatic carbocycles. The average Bonchev–Trinajstić information content (AvgIpc) is 3.10. The molecular formula is C25H31N5O. The molecule has 0 aliphatic rings. The molecule has 0 radical (unpaired) electrons. The van der Waals surface area contributed by atoms with Crippen molar-refractivity contribution in [1.82, 2.24) is 24.8 Å². The van der Waals surface area contributed by atoms with E-state index in [-0.39, 0.29) is 5.91 Å². The van der Waals surface area contributed by atoms with Crippen molar-refractivity contribution in [3.05, 3.63) is 48.5 Å². The average molecular weight is 418 g/mol. The van der Waals surface area contributed by atoms with Crippen LogP contribution in [0.15, 0.2) is 48.5 Å². The molecule has 0 saturated carbocycles. The zero-order valence-electron chi connectivity index (χ0n) is 18.5. The quantitative estimate of drug-likeness (QED) is 0.389. The Morgan fingerprint density at radius 3 is 2.45 bits per heavy atom. The number of hydrogen-bond acceptors (Lipinski definition) is 4. The predicted octanol–water partition coefficient (Wildman–Crippen LogP) is 4.37. The summed E-state index contributed by atoms with van der Waals surface area (Å²) in [5.41, 5.74) is 4.73. The Kier molecular flexibility index (Phi) is 6.77. The summed E-state index contributed by atoms with van der Waals surface area (Å²) in [6.45, 7) is 8.96. The highest BCUT2D eigenvalue weighted by Gasteiger charge is 2.14. The number of fused-ring (bicyclic) bond motifs is 4. The SMILES string of the molecule is CCN(CC)CCCNC(=O)CCCn1c2ccccc2c2nc3ccccc3nc21. The number of nitrogens with zero attached hydrogens (tertiary/aromatic N) is 4. The number of aromatic nitrogens is 3. The molecule has 4 rings (SSSR count). The first kappa shape index (κ1) is 21.2. The summed E-state index contributed by atoms with van der Waals surface area (Å²) in [7, 11) is 0. The number of aryl methyl sites for hydroxylation is 1. The zero-order valence-corrected chi connectivity index (χ0v) is 18.5. The lowest BCUT2D eigenvalue weighted by Gasteiger charge is -2.17. The van der Waals surface area contributed by atoms with Gasteiger partial charge in [0.05, 0.1) is 16.6 Å². The lowest BCUT2D eigenvalue weighted by atomic mass is 10.2. The first-order chi connectivity index (χ1) is 15.2. The number of carbonyl (C=O) groups is 1. The van der Waals surface area contributed by atoms with Crippen LogP contribution in [-0.4, -0.2) is 51.5 Å². The Bertz CT molecular complexity index is 1180. The van der Waals surface area contributed by atoms with Crippen molar-refractivity contribution >= 4 is 39.0 Å². The number of benzene rings is 2. The number of rotatable bonds is 10. The van der Waals surface area contributed by atoms with Crippen molar-refractivity contribution < 1.29 is 4.79 Å². The van der Waals surface area contributed by atoms with Crippen LogP contribution < -0.4 is 5.32 Å². The second-order valence-corrected chi connectivity index (χ2v) is 7.89. The molecule has 162 valence electrons. The summed E-state index contributed by atoms with van der Waals surface area (Å²) in [5.74, 6) is 0.122. The van der Waals surface area contributed by atoms with E-state index >= 15 is 0 Å².